The molecule has 0 aliphatic rings. The van der Waals surface area contributed by atoms with Crippen molar-refractivity contribution in [3.05, 3.63) is 71.8 Å². The Labute approximate surface area is 139 Å². The Kier molecular flexibility index (Phi) is 15.6. The molecule has 0 amide bonds. The fraction of sp³-hybridized carbons (Fsp3) is 0.250. The highest BCUT2D eigenvalue weighted by atomic mass is 16.2. The average Bonchev–Trinajstić information content (AvgIpc) is 2.66. The quantitative estimate of drug-likeness (QED) is 0.454. The van der Waals surface area contributed by atoms with Gasteiger partial charge in [-0.25, -0.2) is 0 Å². The molecule has 0 N–H and O–H groups in total. The van der Waals surface area contributed by atoms with Crippen LogP contribution in [-0.4, -0.2) is 17.9 Å². The van der Waals surface area contributed by atoms with Crippen molar-refractivity contribution in [3.63, 3.8) is 0 Å². The molecule has 124 valence electrons. The molecule has 0 radical (unpaired) electrons. The topological polar surface area (TPSA) is 51.2 Å². The van der Waals surface area contributed by atoms with Crippen LogP contribution in [0.3, 0.4) is 0 Å². The van der Waals surface area contributed by atoms with Crippen molar-refractivity contribution in [2.45, 2.75) is 34.6 Å². The molecule has 3 heteroatoms. The van der Waals surface area contributed by atoms with Gasteiger partial charge in [0.2, 0.25) is 5.78 Å². The second kappa shape index (κ2) is 15.8. The summed E-state index contributed by atoms with van der Waals surface area (Å²) in [6, 6.07) is 17.7. The van der Waals surface area contributed by atoms with Gasteiger partial charge in [0.25, 0.3) is 0 Å². The predicted octanol–water partition coefficient (Wildman–Crippen LogP) is 5.01. The summed E-state index contributed by atoms with van der Waals surface area (Å²) in [5.74, 6) is -0.351. The van der Waals surface area contributed by atoms with Crippen molar-refractivity contribution in [1.82, 2.24) is 0 Å². The first kappa shape index (κ1) is 22.7. The molecular weight excluding hydrogens is 288 g/mol. The van der Waals surface area contributed by atoms with Gasteiger partial charge in [0, 0.05) is 11.1 Å². The van der Waals surface area contributed by atoms with Gasteiger partial charge in [-0.1, -0.05) is 88.4 Å². The maximum absolute atomic E-state index is 10.6. The zero-order valence-corrected chi connectivity index (χ0v) is 14.6. The highest BCUT2D eigenvalue weighted by Gasteiger charge is 1.99. The third-order valence-corrected chi connectivity index (χ3v) is 2.35. The van der Waals surface area contributed by atoms with E-state index in [1.54, 1.807) is 37.3 Å². The summed E-state index contributed by atoms with van der Waals surface area (Å²) in [5, 5.41) is 0. The van der Waals surface area contributed by atoms with E-state index < -0.39 is 5.78 Å². The Hall–Kier alpha value is -2.55. The molecule has 0 unspecified atom stereocenters. The summed E-state index contributed by atoms with van der Waals surface area (Å²) in [7, 11) is 0. The number of aldehydes is 1. The van der Waals surface area contributed by atoms with Crippen molar-refractivity contribution in [2.24, 2.45) is 0 Å². The summed E-state index contributed by atoms with van der Waals surface area (Å²) < 4.78 is 0. The molecule has 0 atom stereocenters. The molecule has 0 saturated heterocycles. The van der Waals surface area contributed by atoms with E-state index in [9.17, 15) is 14.4 Å². The second-order valence-electron chi connectivity index (χ2n) is 3.77. The van der Waals surface area contributed by atoms with Crippen LogP contribution < -0.4 is 0 Å². The first-order valence-corrected chi connectivity index (χ1v) is 7.75. The van der Waals surface area contributed by atoms with Gasteiger partial charge in [0.1, 0.15) is 0 Å². The van der Waals surface area contributed by atoms with Gasteiger partial charge in [-0.3, -0.25) is 14.4 Å². The first-order chi connectivity index (χ1) is 11.1. The van der Waals surface area contributed by atoms with Crippen molar-refractivity contribution in [1.29, 1.82) is 0 Å². The highest BCUT2D eigenvalue weighted by molar-refractivity contribution is 6.33. The van der Waals surface area contributed by atoms with Crippen LogP contribution in [0.4, 0.5) is 0 Å². The monoisotopic (exact) mass is 314 g/mol. The van der Waals surface area contributed by atoms with Gasteiger partial charge >= 0.3 is 0 Å². The lowest BCUT2D eigenvalue weighted by Gasteiger charge is -1.89. The maximum atomic E-state index is 10.6. The third-order valence-electron chi connectivity index (χ3n) is 2.35. The molecule has 0 bridgehead atoms. The molecule has 0 aromatic heterocycles. The number of carbonyl (C=O) groups excluding carboxylic acids is 3. The molecule has 0 heterocycles. The SMILES string of the molecule is CC.CC.CC(=O)c1ccccc1.O=CC(=O)c1ccccc1. The minimum atomic E-state index is -0.472. The van der Waals surface area contributed by atoms with E-state index in [0.717, 1.165) is 5.56 Å². The second-order valence-corrected chi connectivity index (χ2v) is 3.77. The van der Waals surface area contributed by atoms with Gasteiger partial charge in [-0.2, -0.15) is 0 Å². The zero-order valence-electron chi connectivity index (χ0n) is 14.6. The van der Waals surface area contributed by atoms with Crippen molar-refractivity contribution in [2.75, 3.05) is 0 Å². The van der Waals surface area contributed by atoms with Gasteiger partial charge in [-0.15, -0.1) is 0 Å². The summed E-state index contributed by atoms with van der Waals surface area (Å²) in [4.78, 5) is 31.2. The lowest BCUT2D eigenvalue weighted by molar-refractivity contribution is -0.104. The minimum Gasteiger partial charge on any atom is -0.295 e. The van der Waals surface area contributed by atoms with Crippen LogP contribution in [0.2, 0.25) is 0 Å². The largest absolute Gasteiger partial charge is 0.295 e. The number of benzene rings is 2. The van der Waals surface area contributed by atoms with E-state index in [-0.39, 0.29) is 5.78 Å². The third kappa shape index (κ3) is 10.8. The standard InChI is InChI=1S/C8H6O2.C8H8O.2C2H6/c9-6-8(10)7-4-2-1-3-5-7;1-7(9)8-5-3-2-4-6-8;2*1-2/h1-6H;2-6H,1H3;2*1-2H3. The number of carbonyl (C=O) groups is 3. The Morgan fingerprint density at radius 2 is 1.04 bits per heavy atom. The molecule has 23 heavy (non-hydrogen) atoms. The molecule has 3 nitrogen and oxygen atoms in total. The summed E-state index contributed by atoms with van der Waals surface area (Å²) in [5.41, 5.74) is 1.22. The average molecular weight is 314 g/mol. The minimum absolute atomic E-state index is 0.121. The lowest BCUT2D eigenvalue weighted by Crippen LogP contribution is -1.97. The smallest absolute Gasteiger partial charge is 0.225 e. The van der Waals surface area contributed by atoms with Crippen LogP contribution in [0, 0.1) is 0 Å². The van der Waals surface area contributed by atoms with Crippen LogP contribution in [-0.2, 0) is 4.79 Å². The fourth-order valence-corrected chi connectivity index (χ4v) is 1.34. The van der Waals surface area contributed by atoms with E-state index in [1.165, 1.54) is 0 Å². The first-order valence-electron chi connectivity index (χ1n) is 7.75. The summed E-state index contributed by atoms with van der Waals surface area (Å²) in [6.07, 6.45) is 0.315. The van der Waals surface area contributed by atoms with Crippen LogP contribution in [0.1, 0.15) is 55.3 Å². The molecule has 2 aromatic carbocycles. The van der Waals surface area contributed by atoms with Crippen molar-refractivity contribution in [3.8, 4) is 0 Å². The number of hydrogen-bond donors (Lipinski definition) is 0. The van der Waals surface area contributed by atoms with E-state index in [4.69, 9.17) is 0 Å². The Morgan fingerprint density at radius 3 is 1.30 bits per heavy atom. The summed E-state index contributed by atoms with van der Waals surface area (Å²) in [6.45, 7) is 9.56. The van der Waals surface area contributed by atoms with Crippen LogP contribution in [0.5, 0.6) is 0 Å². The predicted molar refractivity (Wildman–Crippen MR) is 96.0 cm³/mol. The van der Waals surface area contributed by atoms with E-state index >= 15 is 0 Å². The Balaban J connectivity index is 0. The number of ketones is 2. The van der Waals surface area contributed by atoms with Crippen LogP contribution in [0.25, 0.3) is 0 Å². The fourth-order valence-electron chi connectivity index (χ4n) is 1.34. The zero-order chi connectivity index (χ0) is 18.1. The van der Waals surface area contributed by atoms with Gasteiger partial charge in [0.05, 0.1) is 0 Å². The van der Waals surface area contributed by atoms with Crippen molar-refractivity contribution >= 4 is 17.9 Å². The molecule has 0 aliphatic heterocycles. The van der Waals surface area contributed by atoms with Gasteiger partial charge < -0.3 is 0 Å². The number of rotatable bonds is 3. The normalized spacial score (nSPS) is 7.87. The number of hydrogen-bond acceptors (Lipinski definition) is 3. The van der Waals surface area contributed by atoms with Crippen LogP contribution >= 0.6 is 0 Å². The van der Waals surface area contributed by atoms with E-state index in [2.05, 4.69) is 0 Å². The van der Waals surface area contributed by atoms with Crippen LogP contribution in [0.15, 0.2) is 60.7 Å². The van der Waals surface area contributed by atoms with Crippen molar-refractivity contribution < 1.29 is 14.4 Å². The molecular formula is C20H26O3. The molecule has 0 aliphatic carbocycles. The highest BCUT2D eigenvalue weighted by Crippen LogP contribution is 1.98. The Morgan fingerprint density at radius 1 is 0.696 bits per heavy atom. The van der Waals surface area contributed by atoms with Gasteiger partial charge in [0.15, 0.2) is 12.1 Å². The van der Waals surface area contributed by atoms with E-state index in [0.29, 0.717) is 11.8 Å². The molecule has 2 rings (SSSR count). The lowest BCUT2D eigenvalue weighted by atomic mass is 10.1. The molecule has 0 spiro atoms. The molecule has 0 saturated carbocycles. The molecule has 2 aromatic rings. The van der Waals surface area contributed by atoms with E-state index in [1.807, 2.05) is 58.0 Å². The maximum Gasteiger partial charge on any atom is 0.225 e. The summed E-state index contributed by atoms with van der Waals surface area (Å²) >= 11 is 0. The Bertz CT molecular complexity index is 546. The molecule has 0 fully saturated rings. The number of Topliss-reactive ketones (excluding diaryl/α,β-unsaturated/α-hetero) is 2. The van der Waals surface area contributed by atoms with Gasteiger partial charge in [-0.05, 0) is 6.92 Å².